The number of hydrogen-bond donors (Lipinski definition) is 1. The van der Waals surface area contributed by atoms with Crippen molar-refractivity contribution in [1.29, 1.82) is 0 Å². The first kappa shape index (κ1) is 13.8. The van der Waals surface area contributed by atoms with Gasteiger partial charge in [0, 0.05) is 11.6 Å². The fraction of sp³-hybridized carbons (Fsp3) is 0.100. The fourth-order valence-corrected chi connectivity index (χ4v) is 2.83. The molecule has 9 heteroatoms. The average Bonchev–Trinajstić information content (AvgIpc) is 2.80. The van der Waals surface area contributed by atoms with Gasteiger partial charge in [-0.1, -0.05) is 0 Å². The monoisotopic (exact) mass is 306 g/mol. The van der Waals surface area contributed by atoms with Crippen molar-refractivity contribution < 1.29 is 23.1 Å². The van der Waals surface area contributed by atoms with Gasteiger partial charge in [-0.3, -0.25) is 0 Å². The SMILES string of the molecule is O=C(O)c1ccc(C(F)(F)F)nc1Sc1nccs1. The largest absolute Gasteiger partial charge is 0.478 e. The third kappa shape index (κ3) is 3.24. The minimum Gasteiger partial charge on any atom is -0.478 e. The number of thiazole rings is 1. The van der Waals surface area contributed by atoms with Gasteiger partial charge in [0.15, 0.2) is 4.34 Å². The molecule has 100 valence electrons. The smallest absolute Gasteiger partial charge is 0.433 e. The van der Waals surface area contributed by atoms with Gasteiger partial charge in [0.2, 0.25) is 0 Å². The molecular formula is C10H5F3N2O2S2. The van der Waals surface area contributed by atoms with E-state index >= 15 is 0 Å². The minimum atomic E-state index is -4.62. The lowest BCUT2D eigenvalue weighted by Crippen LogP contribution is -2.11. The standard InChI is InChI=1S/C10H5F3N2O2S2/c11-10(12,13)6-2-1-5(8(16)17)7(15-6)19-9-14-3-4-18-9/h1-4H,(H,16,17). The van der Waals surface area contributed by atoms with E-state index < -0.39 is 17.8 Å². The highest BCUT2D eigenvalue weighted by atomic mass is 32.2. The van der Waals surface area contributed by atoms with E-state index in [9.17, 15) is 18.0 Å². The third-order valence-electron chi connectivity index (χ3n) is 1.97. The zero-order valence-corrected chi connectivity index (χ0v) is 10.6. The Morgan fingerprint density at radius 1 is 1.37 bits per heavy atom. The molecule has 0 aromatic carbocycles. The van der Waals surface area contributed by atoms with Crippen molar-refractivity contribution in [3.05, 3.63) is 35.0 Å². The molecule has 2 rings (SSSR count). The first-order valence-corrected chi connectivity index (χ1v) is 6.46. The second-order valence-electron chi connectivity index (χ2n) is 3.25. The summed E-state index contributed by atoms with van der Waals surface area (Å²) in [4.78, 5) is 18.2. The van der Waals surface area contributed by atoms with Crippen molar-refractivity contribution in [1.82, 2.24) is 9.97 Å². The maximum Gasteiger partial charge on any atom is 0.433 e. The highest BCUT2D eigenvalue weighted by Gasteiger charge is 2.33. The Morgan fingerprint density at radius 3 is 2.63 bits per heavy atom. The molecule has 0 saturated heterocycles. The number of nitrogens with zero attached hydrogens (tertiary/aromatic N) is 2. The van der Waals surface area contributed by atoms with Crippen LogP contribution in [-0.2, 0) is 6.18 Å². The zero-order chi connectivity index (χ0) is 14.0. The topological polar surface area (TPSA) is 63.1 Å². The van der Waals surface area contributed by atoms with Crippen LogP contribution in [0.3, 0.4) is 0 Å². The molecule has 4 nitrogen and oxygen atoms in total. The van der Waals surface area contributed by atoms with Gasteiger partial charge < -0.3 is 5.11 Å². The predicted octanol–water partition coefficient (Wildman–Crippen LogP) is 3.41. The van der Waals surface area contributed by atoms with Crippen LogP contribution in [0, 0.1) is 0 Å². The normalized spacial score (nSPS) is 11.5. The van der Waals surface area contributed by atoms with E-state index in [4.69, 9.17) is 5.11 Å². The summed E-state index contributed by atoms with van der Waals surface area (Å²) in [7, 11) is 0. The maximum atomic E-state index is 12.5. The first-order chi connectivity index (χ1) is 8.88. The molecule has 0 atom stereocenters. The van der Waals surface area contributed by atoms with E-state index in [-0.39, 0.29) is 10.6 Å². The van der Waals surface area contributed by atoms with Gasteiger partial charge in [0.25, 0.3) is 0 Å². The molecule has 0 spiro atoms. The molecule has 0 saturated carbocycles. The van der Waals surface area contributed by atoms with Crippen LogP contribution in [0.25, 0.3) is 0 Å². The highest BCUT2D eigenvalue weighted by molar-refractivity contribution is 8.01. The maximum absolute atomic E-state index is 12.5. The number of aromatic carboxylic acids is 1. The first-order valence-electron chi connectivity index (χ1n) is 4.77. The van der Waals surface area contributed by atoms with Crippen molar-refractivity contribution in [3.63, 3.8) is 0 Å². The molecule has 1 N–H and O–H groups in total. The van der Waals surface area contributed by atoms with Crippen molar-refractivity contribution in [2.45, 2.75) is 15.5 Å². The number of alkyl halides is 3. The Hall–Kier alpha value is -1.61. The van der Waals surface area contributed by atoms with Crippen molar-refractivity contribution in [2.24, 2.45) is 0 Å². The van der Waals surface area contributed by atoms with E-state index in [1.165, 1.54) is 17.5 Å². The van der Waals surface area contributed by atoms with Crippen LogP contribution in [0.2, 0.25) is 0 Å². The molecule has 2 heterocycles. The van der Waals surface area contributed by atoms with Gasteiger partial charge in [0.05, 0.1) is 5.56 Å². The summed E-state index contributed by atoms with van der Waals surface area (Å²) in [6, 6.07) is 1.55. The Morgan fingerprint density at radius 2 is 2.11 bits per heavy atom. The number of hydrogen-bond acceptors (Lipinski definition) is 5. The zero-order valence-electron chi connectivity index (χ0n) is 9.01. The van der Waals surface area contributed by atoms with Crippen molar-refractivity contribution in [3.8, 4) is 0 Å². The second-order valence-corrected chi connectivity index (χ2v) is 5.38. The van der Waals surface area contributed by atoms with Crippen LogP contribution in [0.1, 0.15) is 16.1 Å². The molecule has 0 unspecified atom stereocenters. The Balaban J connectivity index is 2.45. The second kappa shape index (κ2) is 5.17. The number of rotatable bonds is 3. The molecule has 0 aliphatic rings. The lowest BCUT2D eigenvalue weighted by molar-refractivity contribution is -0.141. The predicted molar refractivity (Wildman–Crippen MR) is 62.4 cm³/mol. The quantitative estimate of drug-likeness (QED) is 0.941. The summed E-state index contributed by atoms with van der Waals surface area (Å²) < 4.78 is 38.1. The van der Waals surface area contributed by atoms with Gasteiger partial charge in [-0.25, -0.2) is 14.8 Å². The summed E-state index contributed by atoms with van der Waals surface area (Å²) in [5.41, 5.74) is -1.41. The van der Waals surface area contributed by atoms with Crippen LogP contribution in [-0.4, -0.2) is 21.0 Å². The number of pyridine rings is 1. The average molecular weight is 306 g/mol. The van der Waals surface area contributed by atoms with Gasteiger partial charge in [-0.2, -0.15) is 13.2 Å². The Labute approximate surface area is 113 Å². The molecule has 0 radical (unpaired) electrons. The van der Waals surface area contributed by atoms with Gasteiger partial charge >= 0.3 is 12.1 Å². The van der Waals surface area contributed by atoms with Gasteiger partial charge in [-0.15, -0.1) is 11.3 Å². The molecule has 2 aromatic rings. The van der Waals surface area contributed by atoms with Crippen LogP contribution in [0.4, 0.5) is 13.2 Å². The molecule has 19 heavy (non-hydrogen) atoms. The molecule has 0 amide bonds. The van der Waals surface area contributed by atoms with Crippen molar-refractivity contribution in [2.75, 3.05) is 0 Å². The van der Waals surface area contributed by atoms with E-state index in [2.05, 4.69) is 9.97 Å². The van der Waals surface area contributed by atoms with E-state index in [0.29, 0.717) is 10.4 Å². The number of carboxylic acid groups (broad SMARTS) is 1. The summed E-state index contributed by atoms with van der Waals surface area (Å²) >= 11 is 1.98. The van der Waals surface area contributed by atoms with E-state index in [1.807, 2.05) is 0 Å². The highest BCUT2D eigenvalue weighted by Crippen LogP contribution is 2.34. The summed E-state index contributed by atoms with van der Waals surface area (Å²) in [5, 5.41) is 10.3. The lowest BCUT2D eigenvalue weighted by Gasteiger charge is -2.09. The van der Waals surface area contributed by atoms with Crippen molar-refractivity contribution >= 4 is 29.1 Å². The summed E-state index contributed by atoms with van der Waals surface area (Å²) in [5.74, 6) is -1.33. The Bertz CT molecular complexity index is 599. The third-order valence-corrected chi connectivity index (χ3v) is 3.86. The summed E-state index contributed by atoms with van der Waals surface area (Å²) in [6.07, 6.45) is -3.14. The van der Waals surface area contributed by atoms with Crippen LogP contribution >= 0.6 is 23.1 Å². The minimum absolute atomic E-state index is 0.225. The van der Waals surface area contributed by atoms with Gasteiger partial charge in [0.1, 0.15) is 10.7 Å². The number of carbonyl (C=O) groups is 1. The fourth-order valence-electron chi connectivity index (χ4n) is 1.18. The van der Waals surface area contributed by atoms with E-state index in [0.717, 1.165) is 17.8 Å². The number of halogens is 3. The van der Waals surface area contributed by atoms with Crippen LogP contribution < -0.4 is 0 Å². The van der Waals surface area contributed by atoms with E-state index in [1.54, 1.807) is 5.38 Å². The van der Waals surface area contributed by atoms with Crippen LogP contribution in [0.5, 0.6) is 0 Å². The molecule has 0 bridgehead atoms. The molecule has 2 aromatic heterocycles. The van der Waals surface area contributed by atoms with Crippen LogP contribution in [0.15, 0.2) is 33.1 Å². The lowest BCUT2D eigenvalue weighted by atomic mass is 10.2. The molecular weight excluding hydrogens is 301 g/mol. The molecule has 0 fully saturated rings. The molecule has 0 aliphatic heterocycles. The molecule has 0 aliphatic carbocycles. The summed E-state index contributed by atoms with van der Waals surface area (Å²) in [6.45, 7) is 0. The van der Waals surface area contributed by atoms with Gasteiger partial charge in [-0.05, 0) is 23.9 Å². The Kier molecular flexibility index (Phi) is 3.76. The number of aromatic nitrogens is 2. The number of carboxylic acids is 1.